The molecule has 22 heavy (non-hydrogen) atoms. The Kier molecular flexibility index (Phi) is 5.08. The Hall–Kier alpha value is -2.44. The Morgan fingerprint density at radius 1 is 1.41 bits per heavy atom. The van der Waals surface area contributed by atoms with Crippen molar-refractivity contribution >= 4 is 17.6 Å². The van der Waals surface area contributed by atoms with E-state index in [-0.39, 0.29) is 29.7 Å². The Morgan fingerprint density at radius 3 is 2.82 bits per heavy atom. The van der Waals surface area contributed by atoms with Gasteiger partial charge in [-0.25, -0.2) is 0 Å². The molecule has 1 atom stereocenters. The third-order valence-electron chi connectivity index (χ3n) is 3.66. The molecule has 1 aromatic carbocycles. The molecule has 2 rings (SSSR count). The molecule has 0 bridgehead atoms. The van der Waals surface area contributed by atoms with Gasteiger partial charge in [-0.2, -0.15) is 0 Å². The SMILES string of the molecule is CCOC(=O)[C@@H]1CCCN(C(=O)c2ccccc2[N+](=O)[O-])C1. The first-order valence-electron chi connectivity index (χ1n) is 7.24. The van der Waals surface area contributed by atoms with Crippen molar-refractivity contribution < 1.29 is 19.2 Å². The van der Waals surface area contributed by atoms with Crippen LogP contribution in [0.4, 0.5) is 5.69 Å². The molecule has 0 radical (unpaired) electrons. The molecule has 1 aliphatic rings. The van der Waals surface area contributed by atoms with Gasteiger partial charge < -0.3 is 9.64 Å². The lowest BCUT2D eigenvalue weighted by atomic mass is 9.97. The number of para-hydroxylation sites is 1. The van der Waals surface area contributed by atoms with E-state index in [4.69, 9.17) is 4.74 Å². The van der Waals surface area contributed by atoms with E-state index in [1.165, 1.54) is 23.1 Å². The fourth-order valence-electron chi connectivity index (χ4n) is 2.60. The molecule has 1 aromatic rings. The maximum Gasteiger partial charge on any atom is 0.310 e. The van der Waals surface area contributed by atoms with Gasteiger partial charge in [0, 0.05) is 19.2 Å². The number of carbonyl (C=O) groups excluding carboxylic acids is 2. The van der Waals surface area contributed by atoms with E-state index in [1.807, 2.05) is 0 Å². The number of carbonyl (C=O) groups is 2. The van der Waals surface area contributed by atoms with E-state index in [2.05, 4.69) is 0 Å². The van der Waals surface area contributed by atoms with Crippen LogP contribution < -0.4 is 0 Å². The Labute approximate surface area is 128 Å². The molecule has 1 amide bonds. The molecule has 0 aromatic heterocycles. The van der Waals surface area contributed by atoms with Crippen LogP contribution in [0.1, 0.15) is 30.1 Å². The maximum absolute atomic E-state index is 12.5. The first-order valence-corrected chi connectivity index (χ1v) is 7.24. The van der Waals surface area contributed by atoms with Gasteiger partial charge in [0.1, 0.15) is 5.56 Å². The summed E-state index contributed by atoms with van der Waals surface area (Å²) in [7, 11) is 0. The highest BCUT2D eigenvalue weighted by Crippen LogP contribution is 2.24. The molecule has 0 unspecified atom stereocenters. The van der Waals surface area contributed by atoms with Crippen molar-refractivity contribution in [2.24, 2.45) is 5.92 Å². The van der Waals surface area contributed by atoms with Crippen LogP contribution in [0.2, 0.25) is 0 Å². The summed E-state index contributed by atoms with van der Waals surface area (Å²) in [5.41, 5.74) is -0.164. The van der Waals surface area contributed by atoms with Crippen LogP contribution in [0.5, 0.6) is 0 Å². The molecule has 0 saturated carbocycles. The Balaban J connectivity index is 2.16. The first-order chi connectivity index (χ1) is 10.5. The zero-order valence-corrected chi connectivity index (χ0v) is 12.4. The van der Waals surface area contributed by atoms with E-state index in [0.29, 0.717) is 26.0 Å². The van der Waals surface area contributed by atoms with Gasteiger partial charge in [-0.1, -0.05) is 12.1 Å². The van der Waals surface area contributed by atoms with E-state index >= 15 is 0 Å². The number of nitro benzene ring substituents is 1. The molecular formula is C15H18N2O5. The lowest BCUT2D eigenvalue weighted by Crippen LogP contribution is -2.43. The molecule has 7 nitrogen and oxygen atoms in total. The molecule has 1 heterocycles. The smallest absolute Gasteiger partial charge is 0.310 e. The summed E-state index contributed by atoms with van der Waals surface area (Å²) in [6.45, 7) is 2.76. The molecule has 0 spiro atoms. The summed E-state index contributed by atoms with van der Waals surface area (Å²) in [5, 5.41) is 11.0. The van der Waals surface area contributed by atoms with Crippen molar-refractivity contribution in [3.05, 3.63) is 39.9 Å². The number of piperidine rings is 1. The number of esters is 1. The summed E-state index contributed by atoms with van der Waals surface area (Å²) in [4.78, 5) is 36.3. The van der Waals surface area contributed by atoms with Crippen LogP contribution in [-0.2, 0) is 9.53 Å². The summed E-state index contributed by atoms with van der Waals surface area (Å²) >= 11 is 0. The van der Waals surface area contributed by atoms with Crippen LogP contribution in [0.15, 0.2) is 24.3 Å². The fraction of sp³-hybridized carbons (Fsp3) is 0.467. The monoisotopic (exact) mass is 306 g/mol. The van der Waals surface area contributed by atoms with Gasteiger partial charge in [0.2, 0.25) is 0 Å². The minimum absolute atomic E-state index is 0.0528. The highest BCUT2D eigenvalue weighted by atomic mass is 16.6. The zero-order valence-electron chi connectivity index (χ0n) is 12.4. The van der Waals surface area contributed by atoms with Crippen LogP contribution in [0, 0.1) is 16.0 Å². The van der Waals surface area contributed by atoms with Gasteiger partial charge >= 0.3 is 5.97 Å². The Morgan fingerprint density at radius 2 is 2.14 bits per heavy atom. The number of nitrogens with zero attached hydrogens (tertiary/aromatic N) is 2. The molecule has 1 saturated heterocycles. The molecule has 0 N–H and O–H groups in total. The second kappa shape index (κ2) is 7.02. The molecule has 1 fully saturated rings. The van der Waals surface area contributed by atoms with E-state index in [0.717, 1.165) is 0 Å². The number of amides is 1. The molecule has 118 valence electrons. The minimum atomic E-state index is -0.569. The topological polar surface area (TPSA) is 89.8 Å². The van der Waals surface area contributed by atoms with Crippen molar-refractivity contribution in [2.75, 3.05) is 19.7 Å². The van der Waals surface area contributed by atoms with Crippen molar-refractivity contribution in [1.82, 2.24) is 4.90 Å². The van der Waals surface area contributed by atoms with Crippen LogP contribution in [-0.4, -0.2) is 41.4 Å². The number of hydrogen-bond acceptors (Lipinski definition) is 5. The standard InChI is InChI=1S/C15H18N2O5/c1-2-22-15(19)11-6-5-9-16(10-11)14(18)12-7-3-4-8-13(12)17(20)21/h3-4,7-8,11H,2,5-6,9-10H2,1H3/t11-/m1/s1. The number of rotatable bonds is 4. The summed E-state index contributed by atoms with van der Waals surface area (Å²) in [6, 6.07) is 5.86. The third kappa shape index (κ3) is 3.41. The highest BCUT2D eigenvalue weighted by molar-refractivity contribution is 5.98. The van der Waals surface area contributed by atoms with Gasteiger partial charge in [0.25, 0.3) is 11.6 Å². The predicted octanol–water partition coefficient (Wildman–Crippen LogP) is 2.01. The largest absolute Gasteiger partial charge is 0.466 e. The second-order valence-corrected chi connectivity index (χ2v) is 5.12. The minimum Gasteiger partial charge on any atom is -0.466 e. The summed E-state index contributed by atoms with van der Waals surface area (Å²) in [6.07, 6.45) is 1.34. The third-order valence-corrected chi connectivity index (χ3v) is 3.66. The lowest BCUT2D eigenvalue weighted by Gasteiger charge is -2.31. The van der Waals surface area contributed by atoms with E-state index < -0.39 is 10.8 Å². The number of nitro groups is 1. The van der Waals surface area contributed by atoms with Gasteiger partial charge in [-0.15, -0.1) is 0 Å². The highest BCUT2D eigenvalue weighted by Gasteiger charge is 2.32. The van der Waals surface area contributed by atoms with Gasteiger partial charge in [-0.3, -0.25) is 19.7 Å². The normalized spacial score (nSPS) is 17.9. The number of ether oxygens (including phenoxy) is 1. The molecule has 0 aliphatic carbocycles. The average Bonchev–Trinajstić information content (AvgIpc) is 2.54. The zero-order chi connectivity index (χ0) is 16.1. The maximum atomic E-state index is 12.5. The van der Waals surface area contributed by atoms with Crippen LogP contribution >= 0.6 is 0 Å². The molecular weight excluding hydrogens is 288 g/mol. The van der Waals surface area contributed by atoms with Gasteiger partial charge in [0.05, 0.1) is 17.4 Å². The van der Waals surface area contributed by atoms with Crippen molar-refractivity contribution in [2.45, 2.75) is 19.8 Å². The fourth-order valence-corrected chi connectivity index (χ4v) is 2.60. The lowest BCUT2D eigenvalue weighted by molar-refractivity contribution is -0.385. The van der Waals surface area contributed by atoms with Gasteiger partial charge in [0.15, 0.2) is 0 Å². The van der Waals surface area contributed by atoms with Crippen molar-refractivity contribution in [3.8, 4) is 0 Å². The quantitative estimate of drug-likeness (QED) is 0.482. The van der Waals surface area contributed by atoms with Crippen LogP contribution in [0.3, 0.4) is 0 Å². The van der Waals surface area contributed by atoms with E-state index in [1.54, 1.807) is 13.0 Å². The summed E-state index contributed by atoms with van der Waals surface area (Å²) in [5.74, 6) is -1.09. The van der Waals surface area contributed by atoms with Crippen LogP contribution in [0.25, 0.3) is 0 Å². The first kappa shape index (κ1) is 15.9. The number of benzene rings is 1. The second-order valence-electron chi connectivity index (χ2n) is 5.12. The molecule has 7 heteroatoms. The summed E-state index contributed by atoms with van der Waals surface area (Å²) < 4.78 is 4.99. The average molecular weight is 306 g/mol. The predicted molar refractivity (Wildman–Crippen MR) is 78.4 cm³/mol. The van der Waals surface area contributed by atoms with E-state index in [9.17, 15) is 19.7 Å². The van der Waals surface area contributed by atoms with Crippen molar-refractivity contribution in [1.29, 1.82) is 0 Å². The van der Waals surface area contributed by atoms with Crippen molar-refractivity contribution in [3.63, 3.8) is 0 Å². The number of likely N-dealkylation sites (tertiary alicyclic amines) is 1. The van der Waals surface area contributed by atoms with Gasteiger partial charge in [-0.05, 0) is 25.8 Å². The number of hydrogen-bond donors (Lipinski definition) is 0. The molecule has 1 aliphatic heterocycles. The Bertz CT molecular complexity index is 587.